The smallest absolute Gasteiger partial charge is 0.255 e. The van der Waals surface area contributed by atoms with Gasteiger partial charge in [-0.05, 0) is 48.0 Å². The quantitative estimate of drug-likeness (QED) is 0.478. The van der Waals surface area contributed by atoms with Gasteiger partial charge in [0.25, 0.3) is 10.0 Å². The van der Waals surface area contributed by atoms with Crippen LogP contribution in [0.3, 0.4) is 0 Å². The summed E-state index contributed by atoms with van der Waals surface area (Å²) in [6, 6.07) is 21.3. The van der Waals surface area contributed by atoms with Gasteiger partial charge in [0.15, 0.2) is 0 Å². The van der Waals surface area contributed by atoms with Crippen molar-refractivity contribution in [2.75, 3.05) is 4.72 Å². The molecule has 4 rings (SSSR count). The first-order valence-corrected chi connectivity index (χ1v) is 10.6. The first kappa shape index (κ1) is 19.4. The molecule has 30 heavy (non-hydrogen) atoms. The Kier molecular flexibility index (Phi) is 5.58. The van der Waals surface area contributed by atoms with Crippen LogP contribution in [0.15, 0.2) is 96.9 Å². The Morgan fingerprint density at radius 1 is 0.900 bits per heavy atom. The number of benzene rings is 2. The van der Waals surface area contributed by atoms with Gasteiger partial charge in [0.2, 0.25) is 5.88 Å². The van der Waals surface area contributed by atoms with E-state index in [0.29, 0.717) is 23.1 Å². The first-order valence-electron chi connectivity index (χ1n) is 9.07. The number of ether oxygens (including phenoxy) is 1. The van der Waals surface area contributed by atoms with E-state index < -0.39 is 10.0 Å². The van der Waals surface area contributed by atoms with Gasteiger partial charge in [-0.2, -0.15) is 0 Å². The molecule has 0 aliphatic carbocycles. The minimum atomic E-state index is -3.63. The highest BCUT2D eigenvalue weighted by Gasteiger charge is 2.07. The van der Waals surface area contributed by atoms with Crippen LogP contribution in [0.5, 0.6) is 11.6 Å². The van der Waals surface area contributed by atoms with Gasteiger partial charge in [-0.15, -0.1) is 0 Å². The third-order valence-electron chi connectivity index (χ3n) is 4.07. The maximum Gasteiger partial charge on any atom is 0.255 e. The predicted octanol–water partition coefficient (Wildman–Crippen LogP) is 4.47. The van der Waals surface area contributed by atoms with Crippen molar-refractivity contribution in [1.29, 1.82) is 0 Å². The maximum absolute atomic E-state index is 12.3. The van der Waals surface area contributed by atoms with Gasteiger partial charge in [0.05, 0.1) is 5.41 Å². The number of hydrogen-bond acceptors (Lipinski definition) is 5. The van der Waals surface area contributed by atoms with E-state index in [1.54, 1.807) is 30.3 Å². The molecule has 0 saturated heterocycles. The van der Waals surface area contributed by atoms with Crippen LogP contribution in [-0.4, -0.2) is 23.0 Å². The molecule has 1 N–H and O–H groups in total. The third kappa shape index (κ3) is 5.12. The summed E-state index contributed by atoms with van der Waals surface area (Å²) in [6.45, 7) is 0. The molecule has 0 amide bonds. The van der Waals surface area contributed by atoms with Gasteiger partial charge in [0, 0.05) is 24.1 Å². The lowest BCUT2D eigenvalue weighted by molar-refractivity contribution is 0.461. The van der Waals surface area contributed by atoms with Crippen LogP contribution in [0.1, 0.15) is 5.56 Å². The Balaban J connectivity index is 1.42. The summed E-state index contributed by atoms with van der Waals surface area (Å²) in [4.78, 5) is 8.32. The highest BCUT2D eigenvalue weighted by molar-refractivity contribution is 7.95. The highest BCUT2D eigenvalue weighted by atomic mass is 32.2. The molecule has 4 aromatic rings. The van der Waals surface area contributed by atoms with E-state index in [2.05, 4.69) is 14.7 Å². The van der Waals surface area contributed by atoms with E-state index in [1.165, 1.54) is 12.4 Å². The van der Waals surface area contributed by atoms with Crippen molar-refractivity contribution in [3.05, 3.63) is 102 Å². The molecule has 0 bridgehead atoms. The monoisotopic (exact) mass is 418 g/mol. The number of hydrogen-bond donors (Lipinski definition) is 1. The number of nitrogens with one attached hydrogen (secondary N) is 1. The van der Waals surface area contributed by atoms with Crippen molar-refractivity contribution < 1.29 is 13.2 Å². The van der Waals surface area contributed by atoms with Gasteiger partial charge < -0.3 is 9.30 Å². The van der Waals surface area contributed by atoms with E-state index in [1.807, 2.05) is 59.4 Å². The maximum atomic E-state index is 12.3. The minimum Gasteiger partial charge on any atom is -0.439 e. The molecule has 2 aromatic heterocycles. The highest BCUT2D eigenvalue weighted by Crippen LogP contribution is 2.23. The Morgan fingerprint density at radius 2 is 1.63 bits per heavy atom. The average molecular weight is 418 g/mol. The lowest BCUT2D eigenvalue weighted by Gasteiger charge is -2.08. The molecule has 0 radical (unpaired) electrons. The number of rotatable bonds is 7. The SMILES string of the molecule is O=S(=O)(/C=C/c1ccccc1)Nc1ccc(Oc2cc(-n3cccc3)ncn2)cc1. The summed E-state index contributed by atoms with van der Waals surface area (Å²) < 4.78 is 34.6. The van der Waals surface area contributed by atoms with Crippen LogP contribution in [0.4, 0.5) is 5.69 Å². The molecule has 0 aliphatic heterocycles. The summed E-state index contributed by atoms with van der Waals surface area (Å²) >= 11 is 0. The zero-order valence-corrected chi connectivity index (χ0v) is 16.6. The van der Waals surface area contributed by atoms with Crippen molar-refractivity contribution in [3.63, 3.8) is 0 Å². The Morgan fingerprint density at radius 3 is 2.37 bits per heavy atom. The lowest BCUT2D eigenvalue weighted by Crippen LogP contribution is -2.08. The zero-order valence-electron chi connectivity index (χ0n) is 15.8. The van der Waals surface area contributed by atoms with Crippen LogP contribution in [0.2, 0.25) is 0 Å². The Hall–Kier alpha value is -3.91. The third-order valence-corrected chi connectivity index (χ3v) is 5.09. The van der Waals surface area contributed by atoms with E-state index in [9.17, 15) is 8.42 Å². The molecule has 150 valence electrons. The second kappa shape index (κ2) is 8.62. The fourth-order valence-electron chi connectivity index (χ4n) is 2.66. The second-order valence-corrected chi connectivity index (χ2v) is 7.86. The van der Waals surface area contributed by atoms with Gasteiger partial charge in [0.1, 0.15) is 17.9 Å². The molecule has 2 aromatic carbocycles. The zero-order chi connectivity index (χ0) is 20.8. The topological polar surface area (TPSA) is 86.1 Å². The molecule has 0 saturated carbocycles. The predicted molar refractivity (Wildman–Crippen MR) is 116 cm³/mol. The first-order chi connectivity index (χ1) is 14.6. The van der Waals surface area contributed by atoms with Crippen LogP contribution in [0, 0.1) is 0 Å². The molecule has 0 aliphatic rings. The average Bonchev–Trinajstić information content (AvgIpc) is 3.30. The van der Waals surface area contributed by atoms with Crippen LogP contribution < -0.4 is 9.46 Å². The van der Waals surface area contributed by atoms with E-state index in [0.717, 1.165) is 11.0 Å². The summed E-state index contributed by atoms with van der Waals surface area (Å²) in [7, 11) is -3.63. The summed E-state index contributed by atoms with van der Waals surface area (Å²) in [5, 5.41) is 1.14. The van der Waals surface area contributed by atoms with Crippen molar-refractivity contribution in [2.24, 2.45) is 0 Å². The van der Waals surface area contributed by atoms with Crippen molar-refractivity contribution in [2.45, 2.75) is 0 Å². The standard InChI is InChI=1S/C22H18N4O3S/c27-30(28,15-12-18-6-2-1-3-7-18)25-19-8-10-20(11-9-19)29-22-16-21(23-17-24-22)26-13-4-5-14-26/h1-17,25H/b15-12+. The fraction of sp³-hybridized carbons (Fsp3) is 0. The molecule has 0 fully saturated rings. The molecule has 2 heterocycles. The molecular formula is C22H18N4O3S. The minimum absolute atomic E-state index is 0.382. The van der Waals surface area contributed by atoms with Gasteiger partial charge in [-0.3, -0.25) is 4.72 Å². The van der Waals surface area contributed by atoms with E-state index in [4.69, 9.17) is 4.74 Å². The summed E-state index contributed by atoms with van der Waals surface area (Å²) in [6.07, 6.45) is 6.71. The fourth-order valence-corrected chi connectivity index (χ4v) is 3.53. The molecule has 0 atom stereocenters. The number of nitrogens with zero attached hydrogens (tertiary/aromatic N) is 3. The lowest BCUT2D eigenvalue weighted by atomic mass is 10.2. The summed E-state index contributed by atoms with van der Waals surface area (Å²) in [5.74, 6) is 1.59. The van der Waals surface area contributed by atoms with E-state index in [-0.39, 0.29) is 0 Å². The van der Waals surface area contributed by atoms with Crippen molar-refractivity contribution >= 4 is 21.8 Å². The summed E-state index contributed by atoms with van der Waals surface area (Å²) in [5.41, 5.74) is 1.23. The van der Waals surface area contributed by atoms with Crippen LogP contribution in [-0.2, 0) is 10.0 Å². The normalized spacial score (nSPS) is 11.5. The van der Waals surface area contributed by atoms with Gasteiger partial charge >= 0.3 is 0 Å². The molecular weight excluding hydrogens is 400 g/mol. The molecule has 8 heteroatoms. The second-order valence-electron chi connectivity index (χ2n) is 6.29. The van der Waals surface area contributed by atoms with Gasteiger partial charge in [-0.1, -0.05) is 30.3 Å². The Bertz CT molecular complexity index is 1240. The Labute approximate surface area is 174 Å². The van der Waals surface area contributed by atoms with Crippen LogP contribution >= 0.6 is 0 Å². The van der Waals surface area contributed by atoms with Gasteiger partial charge in [-0.25, -0.2) is 18.4 Å². The largest absolute Gasteiger partial charge is 0.439 e. The van der Waals surface area contributed by atoms with Crippen molar-refractivity contribution in [1.82, 2.24) is 14.5 Å². The van der Waals surface area contributed by atoms with Crippen molar-refractivity contribution in [3.8, 4) is 17.4 Å². The van der Waals surface area contributed by atoms with Crippen LogP contribution in [0.25, 0.3) is 11.9 Å². The number of anilines is 1. The number of sulfonamides is 1. The van der Waals surface area contributed by atoms with E-state index >= 15 is 0 Å². The molecule has 0 unspecified atom stereocenters. The molecule has 0 spiro atoms. The number of aromatic nitrogens is 3. The molecule has 7 nitrogen and oxygen atoms in total.